The summed E-state index contributed by atoms with van der Waals surface area (Å²) >= 11 is 0. The Bertz CT molecular complexity index is 1230. The van der Waals surface area contributed by atoms with Crippen molar-refractivity contribution in [3.05, 3.63) is 96.1 Å². The molecule has 2 aromatic carbocycles. The number of nitrogens with zero attached hydrogens (tertiary/aromatic N) is 3. The van der Waals surface area contributed by atoms with Crippen LogP contribution in [0.25, 0.3) is 11.1 Å². The highest BCUT2D eigenvalue weighted by Crippen LogP contribution is 2.28. The average Bonchev–Trinajstić information content (AvgIpc) is 3.21. The zero-order chi connectivity index (χ0) is 21.8. The predicted octanol–water partition coefficient (Wildman–Crippen LogP) is 4.59. The third-order valence-electron chi connectivity index (χ3n) is 4.56. The van der Waals surface area contributed by atoms with E-state index in [1.165, 1.54) is 12.3 Å². The number of pyridine rings is 1. The fourth-order valence-corrected chi connectivity index (χ4v) is 3.01. The van der Waals surface area contributed by atoms with Gasteiger partial charge in [0.1, 0.15) is 12.4 Å². The summed E-state index contributed by atoms with van der Waals surface area (Å²) in [7, 11) is 1.80. The number of rotatable bonds is 6. The summed E-state index contributed by atoms with van der Waals surface area (Å²) in [5.41, 5.74) is 2.88. The second-order valence-corrected chi connectivity index (χ2v) is 6.85. The van der Waals surface area contributed by atoms with Crippen molar-refractivity contribution in [1.82, 2.24) is 14.8 Å². The van der Waals surface area contributed by atoms with Crippen molar-refractivity contribution in [2.75, 3.05) is 5.32 Å². The predicted molar refractivity (Wildman–Crippen MR) is 112 cm³/mol. The Hall–Kier alpha value is -4.07. The van der Waals surface area contributed by atoms with E-state index in [1.54, 1.807) is 54.5 Å². The molecule has 0 saturated carbocycles. The maximum Gasteiger partial charge on any atom is 0.259 e. The number of aryl methyl sites for hydroxylation is 1. The van der Waals surface area contributed by atoms with E-state index >= 15 is 0 Å². The van der Waals surface area contributed by atoms with Gasteiger partial charge in [0.25, 0.3) is 5.91 Å². The molecule has 4 rings (SSSR count). The summed E-state index contributed by atoms with van der Waals surface area (Å²) < 4.78 is 34.1. The van der Waals surface area contributed by atoms with Crippen LogP contribution < -0.4 is 10.1 Å². The van der Waals surface area contributed by atoms with Crippen LogP contribution in [0.4, 0.5) is 14.5 Å². The minimum atomic E-state index is -0.956. The Morgan fingerprint density at radius 2 is 1.94 bits per heavy atom. The van der Waals surface area contributed by atoms with E-state index in [0.717, 1.165) is 23.3 Å². The van der Waals surface area contributed by atoms with Gasteiger partial charge in [-0.1, -0.05) is 12.1 Å². The molecule has 1 amide bonds. The number of benzene rings is 2. The topological polar surface area (TPSA) is 69.0 Å². The molecule has 0 aliphatic rings. The maximum absolute atomic E-state index is 13.5. The van der Waals surface area contributed by atoms with Crippen LogP contribution in [0, 0.1) is 11.6 Å². The van der Waals surface area contributed by atoms with Crippen LogP contribution in [0.5, 0.6) is 5.75 Å². The van der Waals surface area contributed by atoms with Gasteiger partial charge in [-0.2, -0.15) is 5.10 Å². The molecule has 156 valence electrons. The number of anilines is 1. The smallest absolute Gasteiger partial charge is 0.259 e. The molecule has 0 atom stereocenters. The Kier molecular flexibility index (Phi) is 5.70. The first kappa shape index (κ1) is 20.2. The molecule has 4 aromatic rings. The zero-order valence-corrected chi connectivity index (χ0v) is 16.5. The summed E-state index contributed by atoms with van der Waals surface area (Å²) in [5.74, 6) is -1.97. The van der Waals surface area contributed by atoms with Crippen molar-refractivity contribution in [3.8, 4) is 16.9 Å². The lowest BCUT2D eigenvalue weighted by atomic mass is 10.0. The number of amides is 1. The van der Waals surface area contributed by atoms with Crippen LogP contribution in [0.2, 0.25) is 0 Å². The fraction of sp³-hybridized carbons (Fsp3) is 0.0870. The van der Waals surface area contributed by atoms with Gasteiger partial charge in [0.05, 0.1) is 23.6 Å². The quantitative estimate of drug-likeness (QED) is 0.495. The second-order valence-electron chi connectivity index (χ2n) is 6.85. The molecule has 8 heteroatoms. The third-order valence-corrected chi connectivity index (χ3v) is 4.56. The Balaban J connectivity index is 1.64. The van der Waals surface area contributed by atoms with Crippen molar-refractivity contribution in [2.45, 2.75) is 6.61 Å². The first-order valence-electron chi connectivity index (χ1n) is 9.41. The van der Waals surface area contributed by atoms with Gasteiger partial charge in [-0.05, 0) is 47.5 Å². The van der Waals surface area contributed by atoms with Crippen LogP contribution in [-0.4, -0.2) is 20.7 Å². The normalized spacial score (nSPS) is 10.7. The highest BCUT2D eigenvalue weighted by Gasteiger charge is 2.16. The van der Waals surface area contributed by atoms with Crippen molar-refractivity contribution < 1.29 is 18.3 Å². The highest BCUT2D eigenvalue weighted by atomic mass is 19.2. The SMILES string of the molecule is Cn1cc(-c2ccc(OCc3ccc(F)c(F)c3)c(C(=O)Nc3cccnc3)c2)cn1. The van der Waals surface area contributed by atoms with Gasteiger partial charge in [-0.25, -0.2) is 8.78 Å². The van der Waals surface area contributed by atoms with E-state index in [9.17, 15) is 13.6 Å². The van der Waals surface area contributed by atoms with Gasteiger partial charge in [-0.15, -0.1) is 0 Å². The number of carbonyl (C=O) groups excluding carboxylic acids is 1. The number of nitrogens with one attached hydrogen (secondary N) is 1. The lowest BCUT2D eigenvalue weighted by molar-refractivity contribution is 0.102. The van der Waals surface area contributed by atoms with Crippen LogP contribution in [0.1, 0.15) is 15.9 Å². The summed E-state index contributed by atoms with van der Waals surface area (Å²) in [4.78, 5) is 17.0. The van der Waals surface area contributed by atoms with Crippen LogP contribution in [-0.2, 0) is 13.7 Å². The summed E-state index contributed by atoms with van der Waals surface area (Å²) in [6.07, 6.45) is 6.67. The molecule has 0 radical (unpaired) electrons. The summed E-state index contributed by atoms with van der Waals surface area (Å²) in [6, 6.07) is 12.1. The minimum Gasteiger partial charge on any atom is -0.488 e. The van der Waals surface area contributed by atoms with Gasteiger partial charge in [0.15, 0.2) is 11.6 Å². The lowest BCUT2D eigenvalue weighted by Gasteiger charge is -2.13. The zero-order valence-electron chi connectivity index (χ0n) is 16.5. The van der Waals surface area contributed by atoms with Crippen molar-refractivity contribution in [1.29, 1.82) is 0 Å². The molecule has 0 saturated heterocycles. The monoisotopic (exact) mass is 420 g/mol. The first-order valence-corrected chi connectivity index (χ1v) is 9.41. The molecule has 0 aliphatic heterocycles. The van der Waals surface area contributed by atoms with Crippen molar-refractivity contribution in [2.24, 2.45) is 7.05 Å². The Labute approximate surface area is 177 Å². The van der Waals surface area contributed by atoms with Crippen molar-refractivity contribution in [3.63, 3.8) is 0 Å². The molecule has 0 aliphatic carbocycles. The van der Waals surface area contributed by atoms with Crippen LogP contribution in [0.15, 0.2) is 73.3 Å². The molecule has 31 heavy (non-hydrogen) atoms. The molecule has 0 bridgehead atoms. The number of aromatic nitrogens is 3. The average molecular weight is 420 g/mol. The summed E-state index contributed by atoms with van der Waals surface area (Å²) in [6.45, 7) is -0.0311. The van der Waals surface area contributed by atoms with E-state index in [0.29, 0.717) is 17.0 Å². The maximum atomic E-state index is 13.5. The molecule has 0 unspecified atom stereocenters. The van der Waals surface area contributed by atoms with E-state index in [1.807, 2.05) is 6.20 Å². The summed E-state index contributed by atoms with van der Waals surface area (Å²) in [5, 5.41) is 6.94. The van der Waals surface area contributed by atoms with E-state index in [2.05, 4.69) is 15.4 Å². The van der Waals surface area contributed by atoms with E-state index in [-0.39, 0.29) is 18.1 Å². The van der Waals surface area contributed by atoms with Gasteiger partial charge in [0, 0.05) is 25.0 Å². The second kappa shape index (κ2) is 8.74. The number of ether oxygens (including phenoxy) is 1. The van der Waals surface area contributed by atoms with Crippen molar-refractivity contribution >= 4 is 11.6 Å². The standard InChI is InChI=1S/C23H18F2N4O2/c1-29-13-17(11-27-29)16-5-7-22(31-14-15-4-6-20(24)21(25)9-15)19(10-16)23(30)28-18-3-2-8-26-12-18/h2-13H,14H2,1H3,(H,28,30). The molecular formula is C23H18F2N4O2. The van der Waals surface area contributed by atoms with E-state index < -0.39 is 11.6 Å². The number of carbonyl (C=O) groups is 1. The molecule has 2 heterocycles. The van der Waals surface area contributed by atoms with Gasteiger partial charge < -0.3 is 10.1 Å². The Morgan fingerprint density at radius 1 is 1.06 bits per heavy atom. The number of halogens is 2. The van der Waals surface area contributed by atoms with Gasteiger partial charge in [0.2, 0.25) is 0 Å². The molecule has 1 N–H and O–H groups in total. The van der Waals surface area contributed by atoms with Crippen LogP contribution >= 0.6 is 0 Å². The largest absolute Gasteiger partial charge is 0.488 e. The number of hydrogen-bond donors (Lipinski definition) is 1. The van der Waals surface area contributed by atoms with E-state index in [4.69, 9.17) is 4.74 Å². The van der Waals surface area contributed by atoms with Gasteiger partial charge >= 0.3 is 0 Å². The first-order chi connectivity index (χ1) is 15.0. The highest BCUT2D eigenvalue weighted by molar-refractivity contribution is 6.06. The number of hydrogen-bond acceptors (Lipinski definition) is 4. The Morgan fingerprint density at radius 3 is 2.65 bits per heavy atom. The molecule has 0 spiro atoms. The van der Waals surface area contributed by atoms with Crippen LogP contribution in [0.3, 0.4) is 0 Å². The third kappa shape index (κ3) is 4.75. The fourth-order valence-electron chi connectivity index (χ4n) is 3.01. The molecule has 6 nitrogen and oxygen atoms in total. The molecule has 0 fully saturated rings. The van der Waals surface area contributed by atoms with Gasteiger partial charge in [-0.3, -0.25) is 14.5 Å². The molecular weight excluding hydrogens is 402 g/mol. The minimum absolute atomic E-state index is 0.0311. The lowest BCUT2D eigenvalue weighted by Crippen LogP contribution is -2.14. The molecule has 2 aromatic heterocycles.